The summed E-state index contributed by atoms with van der Waals surface area (Å²) in [7, 11) is 3.25. The van der Waals surface area contributed by atoms with Gasteiger partial charge in [0.1, 0.15) is 17.1 Å². The highest BCUT2D eigenvalue weighted by molar-refractivity contribution is 5.41. The van der Waals surface area contributed by atoms with Crippen LogP contribution in [0.5, 0.6) is 11.5 Å². The Morgan fingerprint density at radius 3 is 2.50 bits per heavy atom. The number of hydrogen-bond donors (Lipinski definition) is 0. The molecule has 0 spiro atoms. The van der Waals surface area contributed by atoms with Crippen LogP contribution in [0.3, 0.4) is 0 Å². The van der Waals surface area contributed by atoms with E-state index in [-0.39, 0.29) is 0 Å². The number of benzene rings is 1. The van der Waals surface area contributed by atoms with Crippen molar-refractivity contribution < 1.29 is 19.0 Å². The highest BCUT2D eigenvalue weighted by Gasteiger charge is 2.19. The van der Waals surface area contributed by atoms with E-state index in [9.17, 15) is 4.79 Å². The van der Waals surface area contributed by atoms with Crippen LogP contribution in [0.15, 0.2) is 18.2 Å². The van der Waals surface area contributed by atoms with Crippen LogP contribution >= 0.6 is 0 Å². The van der Waals surface area contributed by atoms with E-state index in [1.807, 2.05) is 32.0 Å². The van der Waals surface area contributed by atoms with Crippen LogP contribution in [0.1, 0.15) is 25.8 Å². The lowest BCUT2D eigenvalue weighted by atomic mass is 9.98. The molecule has 4 heteroatoms. The molecule has 0 atom stereocenters. The Morgan fingerprint density at radius 2 is 1.94 bits per heavy atom. The molecule has 0 bridgehead atoms. The van der Waals surface area contributed by atoms with Crippen molar-refractivity contribution in [3.05, 3.63) is 23.8 Å². The van der Waals surface area contributed by atoms with Gasteiger partial charge in [0.25, 0.3) is 6.47 Å². The normalized spacial score (nSPS) is 10.9. The van der Waals surface area contributed by atoms with Crippen LogP contribution < -0.4 is 9.47 Å². The first-order valence-corrected chi connectivity index (χ1v) is 5.85. The minimum Gasteiger partial charge on any atom is -0.497 e. The Labute approximate surface area is 108 Å². The van der Waals surface area contributed by atoms with Gasteiger partial charge in [-0.15, -0.1) is 0 Å². The number of rotatable bonds is 7. The molecule has 0 fully saturated rings. The molecule has 0 amide bonds. The summed E-state index contributed by atoms with van der Waals surface area (Å²) in [5, 5.41) is 0. The van der Waals surface area contributed by atoms with Gasteiger partial charge in [-0.05, 0) is 38.3 Å². The first-order chi connectivity index (χ1) is 8.52. The number of aryl methyl sites for hydroxylation is 1. The molecule has 0 aromatic heterocycles. The minimum absolute atomic E-state index is 0.466. The highest BCUT2D eigenvalue weighted by atomic mass is 16.5. The Balaban J connectivity index is 2.75. The van der Waals surface area contributed by atoms with Gasteiger partial charge in [0.05, 0.1) is 14.2 Å². The third-order valence-electron chi connectivity index (χ3n) is 2.86. The highest BCUT2D eigenvalue weighted by Crippen LogP contribution is 2.27. The van der Waals surface area contributed by atoms with Crippen LogP contribution in [0.4, 0.5) is 0 Å². The monoisotopic (exact) mass is 252 g/mol. The predicted molar refractivity (Wildman–Crippen MR) is 69.1 cm³/mol. The summed E-state index contributed by atoms with van der Waals surface area (Å²) in [5.41, 5.74) is 0.605. The molecule has 1 aromatic carbocycles. The largest absolute Gasteiger partial charge is 0.497 e. The number of carbonyl (C=O) groups excluding carboxylic acids is 1. The zero-order valence-corrected chi connectivity index (χ0v) is 11.4. The lowest BCUT2D eigenvalue weighted by molar-refractivity contribution is -0.140. The fourth-order valence-electron chi connectivity index (χ4n) is 1.68. The molecule has 0 aliphatic heterocycles. The van der Waals surface area contributed by atoms with E-state index in [1.165, 1.54) is 0 Å². The molecule has 0 radical (unpaired) electrons. The lowest BCUT2D eigenvalue weighted by Crippen LogP contribution is -2.24. The molecule has 0 saturated carbocycles. The summed E-state index contributed by atoms with van der Waals surface area (Å²) in [4.78, 5) is 10.4. The van der Waals surface area contributed by atoms with E-state index in [2.05, 4.69) is 0 Å². The van der Waals surface area contributed by atoms with Crippen molar-refractivity contribution in [1.82, 2.24) is 0 Å². The van der Waals surface area contributed by atoms with E-state index in [0.717, 1.165) is 29.9 Å². The molecular formula is C14H20O4. The van der Waals surface area contributed by atoms with Gasteiger partial charge < -0.3 is 14.2 Å². The first kappa shape index (κ1) is 14.4. The van der Waals surface area contributed by atoms with Crippen molar-refractivity contribution in [2.75, 3.05) is 14.2 Å². The van der Waals surface area contributed by atoms with Gasteiger partial charge in [0, 0.05) is 6.07 Å². The summed E-state index contributed by atoms with van der Waals surface area (Å²) < 4.78 is 15.5. The van der Waals surface area contributed by atoms with E-state index < -0.39 is 5.60 Å². The Bertz CT molecular complexity index is 399. The van der Waals surface area contributed by atoms with Gasteiger partial charge in [0.2, 0.25) is 0 Å². The number of methoxy groups -OCH3 is 2. The molecule has 0 aliphatic rings. The maximum atomic E-state index is 10.4. The van der Waals surface area contributed by atoms with Crippen molar-refractivity contribution in [1.29, 1.82) is 0 Å². The van der Waals surface area contributed by atoms with E-state index in [1.54, 1.807) is 14.2 Å². The van der Waals surface area contributed by atoms with Gasteiger partial charge >= 0.3 is 0 Å². The topological polar surface area (TPSA) is 44.8 Å². The number of ether oxygens (including phenoxy) is 3. The zero-order chi connectivity index (χ0) is 13.6. The van der Waals surface area contributed by atoms with Gasteiger partial charge in [-0.3, -0.25) is 4.79 Å². The van der Waals surface area contributed by atoms with Gasteiger partial charge in [-0.2, -0.15) is 0 Å². The second-order valence-electron chi connectivity index (χ2n) is 4.65. The van der Waals surface area contributed by atoms with Gasteiger partial charge in [-0.1, -0.05) is 6.07 Å². The second kappa shape index (κ2) is 6.28. The van der Waals surface area contributed by atoms with Crippen molar-refractivity contribution in [3.63, 3.8) is 0 Å². The molecule has 0 unspecified atom stereocenters. The number of carbonyl (C=O) groups is 1. The third kappa shape index (κ3) is 3.95. The second-order valence-corrected chi connectivity index (χ2v) is 4.65. The van der Waals surface area contributed by atoms with Crippen LogP contribution in [0.2, 0.25) is 0 Å². The van der Waals surface area contributed by atoms with Crippen molar-refractivity contribution in [2.45, 2.75) is 32.3 Å². The molecule has 4 nitrogen and oxygen atoms in total. The predicted octanol–water partition coefficient (Wildman–Crippen LogP) is 2.59. The van der Waals surface area contributed by atoms with Gasteiger partial charge in [-0.25, -0.2) is 0 Å². The van der Waals surface area contributed by atoms with Crippen molar-refractivity contribution >= 4 is 6.47 Å². The van der Waals surface area contributed by atoms with Crippen molar-refractivity contribution in [3.8, 4) is 11.5 Å². The zero-order valence-electron chi connectivity index (χ0n) is 11.4. The molecule has 1 aromatic rings. The van der Waals surface area contributed by atoms with E-state index in [0.29, 0.717) is 6.47 Å². The van der Waals surface area contributed by atoms with Gasteiger partial charge in [0.15, 0.2) is 0 Å². The first-order valence-electron chi connectivity index (χ1n) is 5.85. The summed E-state index contributed by atoms with van der Waals surface area (Å²) in [5.74, 6) is 1.55. The Kier molecular flexibility index (Phi) is 5.01. The SMILES string of the molecule is COc1ccc(CCC(C)(C)OC=O)c(OC)c1. The molecule has 100 valence electrons. The summed E-state index contributed by atoms with van der Waals surface area (Å²) in [6.45, 7) is 4.26. The summed E-state index contributed by atoms with van der Waals surface area (Å²) >= 11 is 0. The van der Waals surface area contributed by atoms with Crippen LogP contribution in [0.25, 0.3) is 0 Å². The summed E-state index contributed by atoms with van der Waals surface area (Å²) in [6.07, 6.45) is 1.50. The van der Waals surface area contributed by atoms with Crippen LogP contribution in [-0.2, 0) is 16.0 Å². The van der Waals surface area contributed by atoms with E-state index >= 15 is 0 Å². The Hall–Kier alpha value is -1.71. The smallest absolute Gasteiger partial charge is 0.293 e. The lowest BCUT2D eigenvalue weighted by Gasteiger charge is -2.22. The summed E-state index contributed by atoms with van der Waals surface area (Å²) in [6, 6.07) is 5.71. The quantitative estimate of drug-likeness (QED) is 0.700. The maximum Gasteiger partial charge on any atom is 0.293 e. The maximum absolute atomic E-state index is 10.4. The third-order valence-corrected chi connectivity index (χ3v) is 2.86. The molecule has 0 N–H and O–H groups in total. The van der Waals surface area contributed by atoms with E-state index in [4.69, 9.17) is 14.2 Å². The molecule has 0 heterocycles. The average Bonchev–Trinajstić information content (AvgIpc) is 2.36. The van der Waals surface area contributed by atoms with Crippen LogP contribution in [0, 0.1) is 0 Å². The molecule has 0 aliphatic carbocycles. The average molecular weight is 252 g/mol. The van der Waals surface area contributed by atoms with Crippen molar-refractivity contribution in [2.24, 2.45) is 0 Å². The fourth-order valence-corrected chi connectivity index (χ4v) is 1.68. The molecule has 1 rings (SSSR count). The standard InChI is InChI=1S/C14H20O4/c1-14(2,18-10-15)8-7-11-5-6-12(16-3)9-13(11)17-4/h5-6,9-10H,7-8H2,1-4H3. The van der Waals surface area contributed by atoms with Crippen LogP contribution in [-0.4, -0.2) is 26.3 Å². The minimum atomic E-state index is -0.466. The Morgan fingerprint density at radius 1 is 1.22 bits per heavy atom. The number of hydrogen-bond acceptors (Lipinski definition) is 4. The molecule has 18 heavy (non-hydrogen) atoms. The molecular weight excluding hydrogens is 232 g/mol. The fraction of sp³-hybridized carbons (Fsp3) is 0.500. The molecule has 0 saturated heterocycles.